The topological polar surface area (TPSA) is 76.7 Å². The second kappa shape index (κ2) is 10.0. The van der Waals surface area contributed by atoms with Gasteiger partial charge < -0.3 is 14.8 Å². The van der Waals surface area contributed by atoms with Crippen LogP contribution >= 0.6 is 23.2 Å². The zero-order valence-electron chi connectivity index (χ0n) is 18.8. The third-order valence-electron chi connectivity index (χ3n) is 5.41. The van der Waals surface area contributed by atoms with Crippen LogP contribution in [-0.4, -0.2) is 27.1 Å². The molecule has 6 nitrogen and oxygen atoms in total. The molecular formula is C24H21Cl2F3N2O4S. The first kappa shape index (κ1) is 26.4. The third kappa shape index (κ3) is 6.36. The first-order valence-corrected chi connectivity index (χ1v) is 12.9. The number of nitrogens with one attached hydrogen (secondary N) is 2. The molecule has 2 N–H and O–H groups in total. The molecule has 192 valence electrons. The minimum Gasteiger partial charge on any atom is -0.485 e. The van der Waals surface area contributed by atoms with E-state index in [4.69, 9.17) is 32.7 Å². The fraction of sp³-hybridized carbons (Fsp3) is 0.250. The van der Waals surface area contributed by atoms with Crippen molar-refractivity contribution in [1.29, 1.82) is 0 Å². The van der Waals surface area contributed by atoms with Gasteiger partial charge >= 0.3 is 6.18 Å². The van der Waals surface area contributed by atoms with E-state index < -0.39 is 33.1 Å². The van der Waals surface area contributed by atoms with Crippen molar-refractivity contribution in [1.82, 2.24) is 5.32 Å². The predicted molar refractivity (Wildman–Crippen MR) is 132 cm³/mol. The largest absolute Gasteiger partial charge is 0.485 e. The summed E-state index contributed by atoms with van der Waals surface area (Å²) in [5.41, 5.74) is -1.93. The number of benzene rings is 3. The van der Waals surface area contributed by atoms with Crippen LogP contribution in [0.4, 0.5) is 18.9 Å². The summed E-state index contributed by atoms with van der Waals surface area (Å²) in [6.45, 7) is 2.66. The molecule has 3 aromatic carbocycles. The van der Waals surface area contributed by atoms with Gasteiger partial charge in [-0.05, 0) is 55.9 Å². The Hall–Kier alpha value is -2.66. The number of hydrogen-bond donors (Lipinski definition) is 2. The van der Waals surface area contributed by atoms with E-state index in [1.807, 2.05) is 0 Å². The molecule has 0 aliphatic carbocycles. The van der Waals surface area contributed by atoms with Crippen LogP contribution in [0.15, 0.2) is 65.6 Å². The van der Waals surface area contributed by atoms with Crippen molar-refractivity contribution in [3.63, 3.8) is 0 Å². The fourth-order valence-electron chi connectivity index (χ4n) is 3.69. The lowest BCUT2D eigenvalue weighted by Gasteiger charge is -2.27. The first-order valence-electron chi connectivity index (χ1n) is 10.7. The number of anilines is 1. The van der Waals surface area contributed by atoms with E-state index >= 15 is 0 Å². The highest BCUT2D eigenvalue weighted by Crippen LogP contribution is 2.40. The maximum atomic E-state index is 13.6. The summed E-state index contributed by atoms with van der Waals surface area (Å²) in [5.74, 6) is 0.0348. The van der Waals surface area contributed by atoms with Gasteiger partial charge in [0.05, 0.1) is 16.1 Å². The maximum absolute atomic E-state index is 13.6. The molecule has 1 aliphatic heterocycles. The number of ether oxygens (including phenoxy) is 2. The van der Waals surface area contributed by atoms with Gasteiger partial charge in [-0.25, -0.2) is 8.42 Å². The van der Waals surface area contributed by atoms with Gasteiger partial charge in [-0.15, -0.1) is 0 Å². The molecule has 0 aromatic heterocycles. The Morgan fingerprint density at radius 1 is 1.00 bits per heavy atom. The highest BCUT2D eigenvalue weighted by Gasteiger charge is 2.38. The summed E-state index contributed by atoms with van der Waals surface area (Å²) in [7, 11) is -4.18. The van der Waals surface area contributed by atoms with E-state index in [1.165, 1.54) is 42.5 Å². The van der Waals surface area contributed by atoms with Gasteiger partial charge in [-0.3, -0.25) is 4.72 Å². The highest BCUT2D eigenvalue weighted by atomic mass is 35.5. The number of rotatable bonds is 7. The molecule has 0 unspecified atom stereocenters. The zero-order chi connectivity index (χ0) is 26.1. The standard InChI is InChI=1S/C24H21Cl2F3N2O4S/c1-23(7-8-30-14-23)35-22-12-17(5-6-21(22)24(27,28)29)31-36(32,33)20-4-2-3-18(13-20)34-19-10-15(25)9-16(26)11-19/h2-6,9-13,30-31H,7-8,14H2,1H3/t23-/m1/s1. The van der Waals surface area contributed by atoms with E-state index in [9.17, 15) is 21.6 Å². The lowest BCUT2D eigenvalue weighted by molar-refractivity contribution is -0.139. The number of halogens is 5. The molecule has 1 aliphatic rings. The Bertz CT molecular complexity index is 1360. The lowest BCUT2D eigenvalue weighted by atomic mass is 10.1. The molecule has 12 heteroatoms. The van der Waals surface area contributed by atoms with Crippen LogP contribution in [0.3, 0.4) is 0 Å². The molecular weight excluding hydrogens is 540 g/mol. The number of alkyl halides is 3. The summed E-state index contributed by atoms with van der Waals surface area (Å²) in [4.78, 5) is -0.164. The van der Waals surface area contributed by atoms with Gasteiger partial charge in [0.1, 0.15) is 22.8 Å². The number of hydrogen-bond acceptors (Lipinski definition) is 5. The minimum atomic E-state index is -4.68. The summed E-state index contributed by atoms with van der Waals surface area (Å²) in [6, 6.07) is 13.0. The van der Waals surface area contributed by atoms with E-state index in [2.05, 4.69) is 10.0 Å². The van der Waals surface area contributed by atoms with Crippen molar-refractivity contribution in [3.8, 4) is 17.2 Å². The number of sulfonamides is 1. The van der Waals surface area contributed by atoms with E-state index in [0.29, 0.717) is 35.3 Å². The molecule has 0 saturated carbocycles. The molecule has 3 aromatic rings. The van der Waals surface area contributed by atoms with Gasteiger partial charge in [0.15, 0.2) is 0 Å². The van der Waals surface area contributed by atoms with Crippen LogP contribution in [-0.2, 0) is 16.2 Å². The Balaban J connectivity index is 1.60. The van der Waals surface area contributed by atoms with Crippen molar-refractivity contribution >= 4 is 38.9 Å². The molecule has 4 rings (SSSR count). The smallest absolute Gasteiger partial charge is 0.419 e. The second-order valence-corrected chi connectivity index (χ2v) is 11.0. The molecule has 36 heavy (non-hydrogen) atoms. The van der Waals surface area contributed by atoms with Gasteiger partial charge in [-0.2, -0.15) is 13.2 Å². The van der Waals surface area contributed by atoms with Crippen molar-refractivity contribution in [2.45, 2.75) is 30.0 Å². The van der Waals surface area contributed by atoms with Crippen molar-refractivity contribution < 1.29 is 31.1 Å². The van der Waals surface area contributed by atoms with Gasteiger partial charge in [0, 0.05) is 35.1 Å². The Morgan fingerprint density at radius 3 is 2.36 bits per heavy atom. The Kier molecular flexibility index (Phi) is 7.34. The Labute approximate surface area is 216 Å². The predicted octanol–water partition coefficient (Wildman–Crippen LogP) is 6.74. The van der Waals surface area contributed by atoms with E-state index in [-0.39, 0.29) is 16.3 Å². The molecule has 0 radical (unpaired) electrons. The first-order chi connectivity index (χ1) is 16.8. The molecule has 1 fully saturated rings. The average Bonchev–Trinajstić information content (AvgIpc) is 3.18. The van der Waals surface area contributed by atoms with Crippen molar-refractivity contribution in [2.24, 2.45) is 0 Å². The lowest BCUT2D eigenvalue weighted by Crippen LogP contribution is -2.35. The van der Waals surface area contributed by atoms with Crippen molar-refractivity contribution in [3.05, 3.63) is 76.3 Å². The van der Waals surface area contributed by atoms with E-state index in [0.717, 1.165) is 18.2 Å². The third-order valence-corrected chi connectivity index (χ3v) is 7.23. The van der Waals surface area contributed by atoms with Crippen LogP contribution < -0.4 is 19.5 Å². The van der Waals surface area contributed by atoms with Gasteiger partial charge in [0.2, 0.25) is 0 Å². The van der Waals surface area contributed by atoms with Crippen LogP contribution in [0.2, 0.25) is 10.0 Å². The van der Waals surface area contributed by atoms with Crippen LogP contribution in [0.5, 0.6) is 17.2 Å². The van der Waals surface area contributed by atoms with Crippen molar-refractivity contribution in [2.75, 3.05) is 17.8 Å². The van der Waals surface area contributed by atoms with Crippen LogP contribution in [0.1, 0.15) is 18.9 Å². The normalized spacial score (nSPS) is 18.2. The monoisotopic (exact) mass is 560 g/mol. The highest BCUT2D eigenvalue weighted by molar-refractivity contribution is 7.92. The Morgan fingerprint density at radius 2 is 1.72 bits per heavy atom. The van der Waals surface area contributed by atoms with Gasteiger partial charge in [0.25, 0.3) is 10.0 Å². The summed E-state index contributed by atoms with van der Waals surface area (Å²) in [5, 5.41) is 3.73. The molecule has 1 atom stereocenters. The summed E-state index contributed by atoms with van der Waals surface area (Å²) in [6.07, 6.45) is -4.17. The van der Waals surface area contributed by atoms with E-state index in [1.54, 1.807) is 6.92 Å². The molecule has 1 heterocycles. The maximum Gasteiger partial charge on any atom is 0.419 e. The van der Waals surface area contributed by atoms with Crippen LogP contribution in [0.25, 0.3) is 0 Å². The summed E-state index contributed by atoms with van der Waals surface area (Å²) >= 11 is 11.9. The summed E-state index contributed by atoms with van der Waals surface area (Å²) < 4.78 is 80.5. The second-order valence-electron chi connectivity index (χ2n) is 8.48. The zero-order valence-corrected chi connectivity index (χ0v) is 21.2. The molecule has 0 bridgehead atoms. The quantitative estimate of drug-likeness (QED) is 0.334. The van der Waals surface area contributed by atoms with Crippen LogP contribution in [0, 0.1) is 0 Å². The molecule has 0 spiro atoms. The molecule has 1 saturated heterocycles. The fourth-order valence-corrected chi connectivity index (χ4v) is 5.28. The minimum absolute atomic E-state index is 0.0829. The SMILES string of the molecule is C[C@@]1(Oc2cc(NS(=O)(=O)c3cccc(Oc4cc(Cl)cc(Cl)c4)c3)ccc2C(F)(F)F)CCNC1. The average molecular weight is 561 g/mol. The van der Waals surface area contributed by atoms with Gasteiger partial charge in [-0.1, -0.05) is 29.3 Å². The molecule has 0 amide bonds.